The molecule has 0 bridgehead atoms. The van der Waals surface area contributed by atoms with Gasteiger partial charge in [0.2, 0.25) is 11.8 Å². The second-order valence-electron chi connectivity index (χ2n) is 6.76. The Morgan fingerprint density at radius 3 is 2.43 bits per heavy atom. The van der Waals surface area contributed by atoms with Crippen molar-refractivity contribution in [3.8, 4) is 0 Å². The van der Waals surface area contributed by atoms with Crippen molar-refractivity contribution in [1.82, 2.24) is 9.88 Å². The average Bonchev–Trinajstić information content (AvgIpc) is 2.68. The monoisotopic (exact) mass is 391 g/mol. The number of alkyl halides is 3. The molecule has 1 saturated heterocycles. The van der Waals surface area contributed by atoms with Gasteiger partial charge < -0.3 is 10.2 Å². The van der Waals surface area contributed by atoms with Gasteiger partial charge in [0.25, 0.3) is 0 Å². The number of amides is 2. The molecule has 0 unspecified atom stereocenters. The number of rotatable bonds is 4. The number of carbonyl (C=O) groups is 2. The molecule has 8 heteroatoms. The minimum Gasteiger partial charge on any atom is -0.342 e. The first-order valence-corrected chi connectivity index (χ1v) is 8.98. The van der Waals surface area contributed by atoms with Crippen LogP contribution < -0.4 is 5.32 Å². The number of aromatic nitrogens is 1. The van der Waals surface area contributed by atoms with Crippen molar-refractivity contribution < 1.29 is 22.8 Å². The lowest BCUT2D eigenvalue weighted by molar-refractivity contribution is -0.138. The van der Waals surface area contributed by atoms with E-state index in [2.05, 4.69) is 10.3 Å². The number of hydrogen-bond acceptors (Lipinski definition) is 3. The van der Waals surface area contributed by atoms with Crippen molar-refractivity contribution in [1.29, 1.82) is 0 Å². The molecule has 28 heavy (non-hydrogen) atoms. The number of halogens is 3. The molecular weight excluding hydrogens is 371 g/mol. The Kier molecular flexibility index (Phi) is 5.96. The molecule has 1 aliphatic rings. The third-order valence-electron chi connectivity index (χ3n) is 4.78. The number of nitrogens with zero attached hydrogens (tertiary/aromatic N) is 2. The molecule has 3 rings (SSSR count). The van der Waals surface area contributed by atoms with Crippen LogP contribution in [-0.2, 0) is 22.2 Å². The van der Waals surface area contributed by atoms with E-state index in [0.29, 0.717) is 37.2 Å². The predicted octanol–water partition coefficient (Wildman–Crippen LogP) is 3.52. The van der Waals surface area contributed by atoms with Gasteiger partial charge >= 0.3 is 6.18 Å². The first kappa shape index (κ1) is 19.9. The van der Waals surface area contributed by atoms with Crippen molar-refractivity contribution in [2.45, 2.75) is 25.4 Å². The summed E-state index contributed by atoms with van der Waals surface area (Å²) < 4.78 is 38.4. The number of nitrogens with one attached hydrogen (secondary N) is 1. The first-order valence-electron chi connectivity index (χ1n) is 8.98. The lowest BCUT2D eigenvalue weighted by atomic mass is 9.95. The number of benzene rings is 1. The van der Waals surface area contributed by atoms with E-state index in [-0.39, 0.29) is 24.2 Å². The molecule has 1 fully saturated rings. The predicted molar refractivity (Wildman–Crippen MR) is 97.3 cm³/mol. The zero-order valence-corrected chi connectivity index (χ0v) is 15.1. The topological polar surface area (TPSA) is 62.3 Å². The molecule has 0 aliphatic carbocycles. The Morgan fingerprint density at radius 2 is 1.79 bits per heavy atom. The first-order chi connectivity index (χ1) is 13.3. The van der Waals surface area contributed by atoms with E-state index in [1.807, 2.05) is 0 Å². The summed E-state index contributed by atoms with van der Waals surface area (Å²) in [5.41, 5.74) is 0.240. The Hall–Kier alpha value is -2.90. The number of pyridine rings is 1. The van der Waals surface area contributed by atoms with Crippen LogP contribution in [0.4, 0.5) is 18.9 Å². The van der Waals surface area contributed by atoms with Crippen LogP contribution in [0.2, 0.25) is 0 Å². The molecule has 1 aromatic carbocycles. The van der Waals surface area contributed by atoms with E-state index >= 15 is 0 Å². The highest BCUT2D eigenvalue weighted by Gasteiger charge is 2.31. The fraction of sp³-hybridized carbons (Fsp3) is 0.350. The molecule has 0 atom stereocenters. The van der Waals surface area contributed by atoms with Crippen LogP contribution in [0, 0.1) is 5.92 Å². The highest BCUT2D eigenvalue weighted by Crippen LogP contribution is 2.29. The lowest BCUT2D eigenvalue weighted by Crippen LogP contribution is -2.42. The highest BCUT2D eigenvalue weighted by atomic mass is 19.4. The fourth-order valence-corrected chi connectivity index (χ4v) is 3.21. The van der Waals surface area contributed by atoms with Crippen LogP contribution >= 0.6 is 0 Å². The fourth-order valence-electron chi connectivity index (χ4n) is 3.21. The summed E-state index contributed by atoms with van der Waals surface area (Å²) in [6, 6.07) is 8.22. The van der Waals surface area contributed by atoms with Gasteiger partial charge in [-0.1, -0.05) is 18.2 Å². The van der Waals surface area contributed by atoms with Crippen molar-refractivity contribution >= 4 is 17.5 Å². The molecular formula is C20H20F3N3O2. The molecule has 0 spiro atoms. The van der Waals surface area contributed by atoms with Gasteiger partial charge in [0.1, 0.15) is 0 Å². The highest BCUT2D eigenvalue weighted by molar-refractivity contribution is 5.92. The summed E-state index contributed by atoms with van der Waals surface area (Å²) in [4.78, 5) is 30.3. The number of likely N-dealkylation sites (tertiary alicyclic amines) is 1. The molecule has 1 N–H and O–H groups in total. The smallest absolute Gasteiger partial charge is 0.342 e. The van der Waals surface area contributed by atoms with E-state index in [0.717, 1.165) is 12.1 Å². The van der Waals surface area contributed by atoms with E-state index < -0.39 is 11.7 Å². The second-order valence-corrected chi connectivity index (χ2v) is 6.76. The third kappa shape index (κ3) is 5.09. The van der Waals surface area contributed by atoms with Crippen LogP contribution in [0.15, 0.2) is 48.8 Å². The van der Waals surface area contributed by atoms with Crippen molar-refractivity contribution in [3.63, 3.8) is 0 Å². The van der Waals surface area contributed by atoms with Gasteiger partial charge in [0, 0.05) is 37.1 Å². The van der Waals surface area contributed by atoms with Crippen molar-refractivity contribution in [2.75, 3.05) is 18.4 Å². The second kappa shape index (κ2) is 8.41. The quantitative estimate of drug-likeness (QED) is 0.868. The molecule has 148 valence electrons. The van der Waals surface area contributed by atoms with E-state index in [1.54, 1.807) is 29.4 Å². The molecule has 1 aliphatic heterocycles. The minimum absolute atomic E-state index is 0.0855. The maximum atomic E-state index is 12.8. The number of hydrogen-bond donors (Lipinski definition) is 1. The zero-order chi connectivity index (χ0) is 20.1. The van der Waals surface area contributed by atoms with Crippen LogP contribution in [-0.4, -0.2) is 34.8 Å². The van der Waals surface area contributed by atoms with Crippen molar-refractivity contribution in [2.24, 2.45) is 5.92 Å². The molecule has 2 heterocycles. The normalized spacial score (nSPS) is 15.3. The standard InChI is InChI=1S/C20H20F3N3O2/c21-20(22,23)16-3-1-2-14(12-16)13-18(27)26-10-6-15(7-11-26)19(28)25-17-4-8-24-9-5-17/h1-5,8-9,12,15H,6-7,10-11,13H2,(H,24,25,28). The van der Waals surface area contributed by atoms with E-state index in [9.17, 15) is 22.8 Å². The lowest BCUT2D eigenvalue weighted by Gasteiger charge is -2.31. The number of piperidine rings is 1. The summed E-state index contributed by atoms with van der Waals surface area (Å²) in [6.45, 7) is 0.818. The number of carbonyl (C=O) groups excluding carboxylic acids is 2. The van der Waals surface area contributed by atoms with Crippen molar-refractivity contribution in [3.05, 3.63) is 59.9 Å². The molecule has 2 amide bonds. The summed E-state index contributed by atoms with van der Waals surface area (Å²) in [6.07, 6.45) is -0.302. The average molecular weight is 391 g/mol. The molecule has 1 aromatic heterocycles. The summed E-state index contributed by atoms with van der Waals surface area (Å²) in [5, 5.41) is 2.83. The van der Waals surface area contributed by atoms with Gasteiger partial charge in [-0.15, -0.1) is 0 Å². The van der Waals surface area contributed by atoms with Gasteiger partial charge in [-0.2, -0.15) is 13.2 Å². The molecule has 2 aromatic rings. The maximum Gasteiger partial charge on any atom is 0.416 e. The summed E-state index contributed by atoms with van der Waals surface area (Å²) >= 11 is 0. The largest absolute Gasteiger partial charge is 0.416 e. The van der Waals surface area contributed by atoms with Gasteiger partial charge in [-0.3, -0.25) is 14.6 Å². The van der Waals surface area contributed by atoms with Crippen LogP contribution in [0.3, 0.4) is 0 Å². The van der Waals surface area contributed by atoms with Crippen LogP contribution in [0.5, 0.6) is 0 Å². The summed E-state index contributed by atoms with van der Waals surface area (Å²) in [7, 11) is 0. The SMILES string of the molecule is O=C(Nc1ccncc1)C1CCN(C(=O)Cc2cccc(C(F)(F)F)c2)CC1. The Labute approximate surface area is 160 Å². The van der Waals surface area contributed by atoms with E-state index in [4.69, 9.17) is 0 Å². The van der Waals surface area contributed by atoms with Gasteiger partial charge in [0.15, 0.2) is 0 Å². The Morgan fingerprint density at radius 1 is 1.11 bits per heavy atom. The van der Waals surface area contributed by atoms with Gasteiger partial charge in [-0.05, 0) is 36.6 Å². The Balaban J connectivity index is 1.52. The van der Waals surface area contributed by atoms with Gasteiger partial charge in [-0.25, -0.2) is 0 Å². The number of anilines is 1. The maximum absolute atomic E-state index is 12.8. The Bertz CT molecular complexity index is 832. The summed E-state index contributed by atoms with van der Waals surface area (Å²) in [5.74, 6) is -0.533. The molecule has 5 nitrogen and oxygen atoms in total. The van der Waals surface area contributed by atoms with Crippen LogP contribution in [0.1, 0.15) is 24.0 Å². The zero-order valence-electron chi connectivity index (χ0n) is 15.1. The molecule has 0 radical (unpaired) electrons. The minimum atomic E-state index is -4.43. The molecule has 0 saturated carbocycles. The van der Waals surface area contributed by atoms with Gasteiger partial charge in [0.05, 0.1) is 12.0 Å². The van der Waals surface area contributed by atoms with Crippen LogP contribution in [0.25, 0.3) is 0 Å². The van der Waals surface area contributed by atoms with E-state index in [1.165, 1.54) is 12.1 Å². The third-order valence-corrected chi connectivity index (χ3v) is 4.78.